The zero-order chi connectivity index (χ0) is 20.1. The number of rotatable bonds is 6. The van der Waals surface area contributed by atoms with Crippen LogP contribution in [0.15, 0.2) is 34.7 Å². The van der Waals surface area contributed by atoms with Crippen molar-refractivity contribution in [2.45, 2.75) is 13.5 Å². The average molecular weight is 390 g/mol. The van der Waals surface area contributed by atoms with E-state index in [4.69, 9.17) is 13.9 Å². The molecule has 0 radical (unpaired) electrons. The fourth-order valence-corrected chi connectivity index (χ4v) is 3.08. The number of methoxy groups -OCH3 is 1. The van der Waals surface area contributed by atoms with Crippen LogP contribution in [0.5, 0.6) is 5.75 Å². The van der Waals surface area contributed by atoms with Crippen molar-refractivity contribution < 1.29 is 27.9 Å². The maximum absolute atomic E-state index is 12.9. The van der Waals surface area contributed by atoms with Gasteiger partial charge in [-0.05, 0) is 37.3 Å². The van der Waals surface area contributed by atoms with E-state index in [0.29, 0.717) is 55.6 Å². The number of esters is 1. The number of nitrogens with zero attached hydrogens (tertiary/aromatic N) is 2. The van der Waals surface area contributed by atoms with E-state index in [9.17, 15) is 14.0 Å². The first kappa shape index (κ1) is 19.9. The fourth-order valence-electron chi connectivity index (χ4n) is 3.08. The quantitative estimate of drug-likeness (QED) is 0.705. The molecule has 0 N–H and O–H groups in total. The highest BCUT2D eigenvalue weighted by Crippen LogP contribution is 2.18. The third kappa shape index (κ3) is 4.89. The molecule has 1 fully saturated rings. The van der Waals surface area contributed by atoms with Gasteiger partial charge < -0.3 is 18.8 Å². The Kier molecular flexibility index (Phi) is 6.30. The smallest absolute Gasteiger partial charge is 0.341 e. The molecule has 2 heterocycles. The van der Waals surface area contributed by atoms with Gasteiger partial charge in [-0.25, -0.2) is 9.18 Å². The number of carbonyl (C=O) groups is 2. The Bertz CT molecular complexity index is 826. The molecule has 0 aliphatic carbocycles. The lowest BCUT2D eigenvalue weighted by molar-refractivity contribution is -0.135. The highest BCUT2D eigenvalue weighted by molar-refractivity contribution is 5.90. The molecule has 0 atom stereocenters. The number of hydrogen-bond acceptors (Lipinski definition) is 6. The summed E-state index contributed by atoms with van der Waals surface area (Å²) in [5.41, 5.74) is 0.434. The molecule has 0 bridgehead atoms. The normalized spacial score (nSPS) is 14.8. The van der Waals surface area contributed by atoms with Gasteiger partial charge in [0.25, 0.3) is 5.91 Å². The van der Waals surface area contributed by atoms with Crippen molar-refractivity contribution in [3.8, 4) is 5.75 Å². The van der Waals surface area contributed by atoms with Gasteiger partial charge in [-0.2, -0.15) is 0 Å². The molecule has 1 aromatic heterocycles. The molecular weight excluding hydrogens is 367 g/mol. The molecule has 1 amide bonds. The van der Waals surface area contributed by atoms with E-state index in [1.165, 1.54) is 31.4 Å². The summed E-state index contributed by atoms with van der Waals surface area (Å²) in [5.74, 6) is 0.823. The lowest BCUT2D eigenvalue weighted by Crippen LogP contribution is -2.49. The number of furan rings is 1. The summed E-state index contributed by atoms with van der Waals surface area (Å²) in [7, 11) is 1.34. The number of hydrogen-bond donors (Lipinski definition) is 0. The Morgan fingerprint density at radius 1 is 1.14 bits per heavy atom. The first-order valence-corrected chi connectivity index (χ1v) is 9.02. The van der Waals surface area contributed by atoms with E-state index in [2.05, 4.69) is 4.90 Å². The van der Waals surface area contributed by atoms with E-state index in [0.717, 1.165) is 0 Å². The van der Waals surface area contributed by atoms with Crippen molar-refractivity contribution in [2.75, 3.05) is 39.9 Å². The van der Waals surface area contributed by atoms with Gasteiger partial charge in [-0.3, -0.25) is 9.69 Å². The Morgan fingerprint density at radius 2 is 1.82 bits per heavy atom. The fraction of sp³-hybridized carbons (Fsp3) is 0.400. The Morgan fingerprint density at radius 3 is 2.46 bits per heavy atom. The minimum absolute atomic E-state index is 0.0779. The Labute approximate surface area is 162 Å². The van der Waals surface area contributed by atoms with Gasteiger partial charge >= 0.3 is 5.97 Å². The third-order valence-electron chi connectivity index (χ3n) is 4.65. The second-order valence-corrected chi connectivity index (χ2v) is 6.57. The molecule has 1 aromatic carbocycles. The number of ether oxygens (including phenoxy) is 2. The van der Waals surface area contributed by atoms with Crippen LogP contribution < -0.4 is 4.74 Å². The van der Waals surface area contributed by atoms with Crippen LogP contribution in [0.4, 0.5) is 4.39 Å². The molecule has 0 saturated carbocycles. The second-order valence-electron chi connectivity index (χ2n) is 6.57. The first-order valence-electron chi connectivity index (χ1n) is 9.02. The molecule has 1 aliphatic heterocycles. The molecule has 2 aromatic rings. The molecule has 1 saturated heterocycles. The Hall–Kier alpha value is -2.87. The molecular formula is C20H23FN2O5. The van der Waals surface area contributed by atoms with E-state index < -0.39 is 5.97 Å². The van der Waals surface area contributed by atoms with Crippen LogP contribution in [0.25, 0.3) is 0 Å². The number of aryl methyl sites for hydroxylation is 1. The number of piperazine rings is 1. The standard InChI is InChI=1S/C20H23FN2O5/c1-14-18(20(25)26-2)11-17(28-14)12-22-7-9-23(10-8-22)19(24)13-27-16-5-3-15(21)4-6-16/h3-6,11H,7-10,12-13H2,1-2H3. The molecule has 3 rings (SSSR count). The Balaban J connectivity index is 1.45. The van der Waals surface area contributed by atoms with Crippen LogP contribution in [-0.2, 0) is 16.1 Å². The summed E-state index contributed by atoms with van der Waals surface area (Å²) in [6, 6.07) is 7.28. The lowest BCUT2D eigenvalue weighted by Gasteiger charge is -2.34. The van der Waals surface area contributed by atoms with Crippen molar-refractivity contribution in [3.05, 3.63) is 53.2 Å². The van der Waals surface area contributed by atoms with Gasteiger partial charge in [0.05, 0.1) is 13.7 Å². The summed E-state index contributed by atoms with van der Waals surface area (Å²) in [4.78, 5) is 27.9. The van der Waals surface area contributed by atoms with Crippen LogP contribution >= 0.6 is 0 Å². The summed E-state index contributed by atoms with van der Waals surface area (Å²) < 4.78 is 28.7. The molecule has 1 aliphatic rings. The lowest BCUT2D eigenvalue weighted by atomic mass is 10.2. The van der Waals surface area contributed by atoms with Crippen LogP contribution in [-0.4, -0.2) is 61.6 Å². The van der Waals surface area contributed by atoms with Crippen molar-refractivity contribution in [2.24, 2.45) is 0 Å². The summed E-state index contributed by atoms with van der Waals surface area (Å²) >= 11 is 0. The van der Waals surface area contributed by atoms with Crippen LogP contribution in [0.1, 0.15) is 21.9 Å². The zero-order valence-corrected chi connectivity index (χ0v) is 15.9. The van der Waals surface area contributed by atoms with Crippen LogP contribution in [0.2, 0.25) is 0 Å². The van der Waals surface area contributed by atoms with Gasteiger partial charge in [0.2, 0.25) is 0 Å². The van der Waals surface area contributed by atoms with Crippen LogP contribution in [0, 0.1) is 12.7 Å². The van der Waals surface area contributed by atoms with Crippen molar-refractivity contribution in [1.29, 1.82) is 0 Å². The van der Waals surface area contributed by atoms with Gasteiger partial charge in [-0.15, -0.1) is 0 Å². The van der Waals surface area contributed by atoms with Gasteiger partial charge in [0.1, 0.15) is 28.7 Å². The van der Waals surface area contributed by atoms with E-state index >= 15 is 0 Å². The summed E-state index contributed by atoms with van der Waals surface area (Å²) in [5, 5.41) is 0. The zero-order valence-electron chi connectivity index (χ0n) is 15.9. The van der Waals surface area contributed by atoms with E-state index in [1.54, 1.807) is 17.9 Å². The van der Waals surface area contributed by atoms with E-state index in [1.807, 2.05) is 0 Å². The van der Waals surface area contributed by atoms with Crippen molar-refractivity contribution in [1.82, 2.24) is 9.80 Å². The minimum Gasteiger partial charge on any atom is -0.484 e. The van der Waals surface area contributed by atoms with Crippen LogP contribution in [0.3, 0.4) is 0 Å². The predicted octanol–water partition coefficient (Wildman–Crippen LogP) is 2.24. The molecule has 0 unspecified atom stereocenters. The highest BCUT2D eigenvalue weighted by atomic mass is 19.1. The predicted molar refractivity (Wildman–Crippen MR) is 98.5 cm³/mol. The maximum Gasteiger partial charge on any atom is 0.341 e. The molecule has 150 valence electrons. The molecule has 7 nitrogen and oxygen atoms in total. The van der Waals surface area contributed by atoms with Crippen molar-refractivity contribution in [3.63, 3.8) is 0 Å². The van der Waals surface area contributed by atoms with Gasteiger partial charge in [0, 0.05) is 26.2 Å². The minimum atomic E-state index is -0.413. The average Bonchev–Trinajstić information content (AvgIpc) is 3.07. The second kappa shape index (κ2) is 8.88. The molecule has 28 heavy (non-hydrogen) atoms. The summed E-state index contributed by atoms with van der Waals surface area (Å²) in [6.07, 6.45) is 0. The number of carbonyl (C=O) groups excluding carboxylic acids is 2. The number of halogens is 1. The largest absolute Gasteiger partial charge is 0.484 e. The summed E-state index contributed by atoms with van der Waals surface area (Å²) in [6.45, 7) is 4.75. The monoisotopic (exact) mass is 390 g/mol. The van der Waals surface area contributed by atoms with Crippen molar-refractivity contribution >= 4 is 11.9 Å². The highest BCUT2D eigenvalue weighted by Gasteiger charge is 2.23. The third-order valence-corrected chi connectivity index (χ3v) is 4.65. The topological polar surface area (TPSA) is 72.2 Å². The number of benzene rings is 1. The SMILES string of the molecule is COC(=O)c1cc(CN2CCN(C(=O)COc3ccc(F)cc3)CC2)oc1C. The molecule has 8 heteroatoms. The molecule has 0 spiro atoms. The van der Waals surface area contributed by atoms with Gasteiger partial charge in [-0.1, -0.05) is 0 Å². The maximum atomic E-state index is 12.9. The van der Waals surface area contributed by atoms with E-state index in [-0.39, 0.29) is 18.3 Å². The van der Waals surface area contributed by atoms with Gasteiger partial charge in [0.15, 0.2) is 6.61 Å². The number of amides is 1. The first-order chi connectivity index (χ1) is 13.5.